The van der Waals surface area contributed by atoms with Crippen LogP contribution < -0.4 is 0 Å². The topological polar surface area (TPSA) is 46.5 Å². The second kappa shape index (κ2) is 4.82. The first-order valence-electron chi connectivity index (χ1n) is 5.08. The van der Waals surface area contributed by atoms with Gasteiger partial charge in [-0.25, -0.2) is 4.79 Å². The standard InChI is InChI=1S/C12H16O3/c1-4-9-6-5-7-10(11(9)13)12(14)15-8(2)3/h5-8,13H,4H2,1-3H3. The molecule has 0 unspecified atom stereocenters. The molecule has 0 aliphatic heterocycles. The first kappa shape index (κ1) is 11.6. The number of hydrogen-bond donors (Lipinski definition) is 1. The Morgan fingerprint density at radius 3 is 2.67 bits per heavy atom. The molecule has 1 rings (SSSR count). The van der Waals surface area contributed by atoms with E-state index in [1.807, 2.05) is 6.92 Å². The number of carbonyl (C=O) groups is 1. The zero-order valence-electron chi connectivity index (χ0n) is 9.28. The Hall–Kier alpha value is -1.51. The van der Waals surface area contributed by atoms with E-state index in [4.69, 9.17) is 4.74 Å². The van der Waals surface area contributed by atoms with E-state index >= 15 is 0 Å². The van der Waals surface area contributed by atoms with Gasteiger partial charge < -0.3 is 9.84 Å². The molecule has 0 aromatic heterocycles. The lowest BCUT2D eigenvalue weighted by molar-refractivity contribution is 0.0374. The van der Waals surface area contributed by atoms with Gasteiger partial charge >= 0.3 is 5.97 Å². The van der Waals surface area contributed by atoms with Crippen molar-refractivity contribution in [1.82, 2.24) is 0 Å². The Kier molecular flexibility index (Phi) is 3.72. The van der Waals surface area contributed by atoms with E-state index in [-0.39, 0.29) is 17.4 Å². The normalized spacial score (nSPS) is 10.4. The molecule has 0 aliphatic carbocycles. The molecule has 0 amide bonds. The highest BCUT2D eigenvalue weighted by molar-refractivity contribution is 5.92. The highest BCUT2D eigenvalue weighted by Crippen LogP contribution is 2.23. The van der Waals surface area contributed by atoms with Crippen LogP contribution in [0.2, 0.25) is 0 Å². The fourth-order valence-corrected chi connectivity index (χ4v) is 1.32. The molecule has 0 saturated heterocycles. The lowest BCUT2D eigenvalue weighted by Gasteiger charge is -2.10. The summed E-state index contributed by atoms with van der Waals surface area (Å²) in [4.78, 5) is 11.6. The van der Waals surface area contributed by atoms with Crippen LogP contribution in [0, 0.1) is 0 Å². The summed E-state index contributed by atoms with van der Waals surface area (Å²) < 4.78 is 5.02. The number of phenolic OH excluding ortho intramolecular Hbond substituents is 1. The Balaban J connectivity index is 2.99. The van der Waals surface area contributed by atoms with E-state index in [0.29, 0.717) is 6.42 Å². The molecule has 82 valence electrons. The first-order valence-corrected chi connectivity index (χ1v) is 5.08. The zero-order valence-corrected chi connectivity index (χ0v) is 9.28. The Bertz CT molecular complexity index is 356. The first-order chi connectivity index (χ1) is 7.06. The lowest BCUT2D eigenvalue weighted by atomic mass is 10.1. The molecule has 0 atom stereocenters. The zero-order chi connectivity index (χ0) is 11.4. The van der Waals surface area contributed by atoms with Crippen LogP contribution in [0.5, 0.6) is 5.75 Å². The molecule has 3 nitrogen and oxygen atoms in total. The van der Waals surface area contributed by atoms with Gasteiger partial charge in [-0.15, -0.1) is 0 Å². The molecular formula is C12H16O3. The summed E-state index contributed by atoms with van der Waals surface area (Å²) in [5.41, 5.74) is 0.997. The van der Waals surface area contributed by atoms with E-state index in [0.717, 1.165) is 5.56 Å². The summed E-state index contributed by atoms with van der Waals surface area (Å²) in [7, 11) is 0. The molecule has 0 heterocycles. The molecule has 15 heavy (non-hydrogen) atoms. The average Bonchev–Trinajstić information content (AvgIpc) is 2.17. The van der Waals surface area contributed by atoms with Crippen LogP contribution in [-0.2, 0) is 11.2 Å². The number of phenols is 1. The smallest absolute Gasteiger partial charge is 0.342 e. The number of aryl methyl sites for hydroxylation is 1. The van der Waals surface area contributed by atoms with Gasteiger partial charge in [0.05, 0.1) is 6.10 Å². The molecule has 1 aromatic carbocycles. The van der Waals surface area contributed by atoms with E-state index < -0.39 is 5.97 Å². The van der Waals surface area contributed by atoms with E-state index in [9.17, 15) is 9.90 Å². The van der Waals surface area contributed by atoms with Gasteiger partial charge in [-0.05, 0) is 31.9 Å². The third-order valence-electron chi connectivity index (χ3n) is 2.06. The van der Waals surface area contributed by atoms with Crippen LogP contribution in [0.1, 0.15) is 36.7 Å². The largest absolute Gasteiger partial charge is 0.507 e. The summed E-state index contributed by atoms with van der Waals surface area (Å²) in [5, 5.41) is 9.77. The number of esters is 1. The minimum absolute atomic E-state index is 0.0330. The Labute approximate surface area is 89.7 Å². The SMILES string of the molecule is CCc1cccc(C(=O)OC(C)C)c1O. The molecule has 1 aromatic rings. The van der Waals surface area contributed by atoms with Crippen molar-refractivity contribution in [2.75, 3.05) is 0 Å². The van der Waals surface area contributed by atoms with Crippen LogP contribution in [0.4, 0.5) is 0 Å². The number of para-hydroxylation sites is 1. The van der Waals surface area contributed by atoms with Gasteiger partial charge in [0.2, 0.25) is 0 Å². The molecule has 0 radical (unpaired) electrons. The maximum atomic E-state index is 11.6. The van der Waals surface area contributed by atoms with Crippen molar-refractivity contribution in [1.29, 1.82) is 0 Å². The summed E-state index contributed by atoms with van der Waals surface area (Å²) in [5.74, 6) is -0.441. The maximum absolute atomic E-state index is 11.6. The third kappa shape index (κ3) is 2.72. The van der Waals surface area contributed by atoms with E-state index in [1.165, 1.54) is 0 Å². The molecule has 0 fully saturated rings. The van der Waals surface area contributed by atoms with Gasteiger partial charge in [-0.3, -0.25) is 0 Å². The quantitative estimate of drug-likeness (QED) is 0.776. The molecule has 0 aliphatic rings. The highest BCUT2D eigenvalue weighted by atomic mass is 16.5. The van der Waals surface area contributed by atoms with Crippen molar-refractivity contribution >= 4 is 5.97 Å². The van der Waals surface area contributed by atoms with Crippen LogP contribution >= 0.6 is 0 Å². The molecule has 0 spiro atoms. The van der Waals surface area contributed by atoms with Crippen LogP contribution in [-0.4, -0.2) is 17.2 Å². The van der Waals surface area contributed by atoms with Crippen molar-refractivity contribution < 1.29 is 14.6 Å². The summed E-state index contributed by atoms with van der Waals surface area (Å²) in [6.45, 7) is 5.48. The van der Waals surface area contributed by atoms with Crippen LogP contribution in [0.15, 0.2) is 18.2 Å². The maximum Gasteiger partial charge on any atom is 0.342 e. The van der Waals surface area contributed by atoms with E-state index in [2.05, 4.69) is 0 Å². The van der Waals surface area contributed by atoms with Crippen molar-refractivity contribution in [3.05, 3.63) is 29.3 Å². The van der Waals surface area contributed by atoms with Crippen LogP contribution in [0.25, 0.3) is 0 Å². The lowest BCUT2D eigenvalue weighted by Crippen LogP contribution is -2.12. The monoisotopic (exact) mass is 208 g/mol. The number of benzene rings is 1. The fraction of sp³-hybridized carbons (Fsp3) is 0.417. The third-order valence-corrected chi connectivity index (χ3v) is 2.06. The second-order valence-electron chi connectivity index (χ2n) is 3.62. The molecule has 0 bridgehead atoms. The van der Waals surface area contributed by atoms with E-state index in [1.54, 1.807) is 32.0 Å². The Morgan fingerprint density at radius 2 is 2.13 bits per heavy atom. The van der Waals surface area contributed by atoms with Gasteiger partial charge in [0.1, 0.15) is 11.3 Å². The summed E-state index contributed by atoms with van der Waals surface area (Å²) in [6, 6.07) is 5.11. The number of carbonyl (C=O) groups excluding carboxylic acids is 1. The molecule has 0 saturated carbocycles. The number of rotatable bonds is 3. The number of hydrogen-bond acceptors (Lipinski definition) is 3. The summed E-state index contributed by atoms with van der Waals surface area (Å²) >= 11 is 0. The number of ether oxygens (including phenoxy) is 1. The van der Waals surface area contributed by atoms with Crippen LogP contribution in [0.3, 0.4) is 0 Å². The Morgan fingerprint density at radius 1 is 1.47 bits per heavy atom. The minimum atomic E-state index is -0.474. The van der Waals surface area contributed by atoms with Crippen molar-refractivity contribution in [2.45, 2.75) is 33.3 Å². The molecule has 3 heteroatoms. The number of aromatic hydroxyl groups is 1. The highest BCUT2D eigenvalue weighted by Gasteiger charge is 2.15. The average molecular weight is 208 g/mol. The van der Waals surface area contributed by atoms with Gasteiger partial charge in [0, 0.05) is 0 Å². The van der Waals surface area contributed by atoms with Gasteiger partial charge in [0.25, 0.3) is 0 Å². The van der Waals surface area contributed by atoms with Crippen molar-refractivity contribution in [3.8, 4) is 5.75 Å². The predicted molar refractivity (Wildman–Crippen MR) is 58.0 cm³/mol. The minimum Gasteiger partial charge on any atom is -0.507 e. The van der Waals surface area contributed by atoms with Gasteiger partial charge in [-0.1, -0.05) is 19.1 Å². The van der Waals surface area contributed by atoms with Crippen molar-refractivity contribution in [2.24, 2.45) is 0 Å². The van der Waals surface area contributed by atoms with Gasteiger partial charge in [0.15, 0.2) is 0 Å². The molecular weight excluding hydrogens is 192 g/mol. The second-order valence-corrected chi connectivity index (χ2v) is 3.62. The predicted octanol–water partition coefficient (Wildman–Crippen LogP) is 2.52. The summed E-state index contributed by atoms with van der Waals surface area (Å²) in [6.07, 6.45) is 0.511. The fourth-order valence-electron chi connectivity index (χ4n) is 1.32. The van der Waals surface area contributed by atoms with Gasteiger partial charge in [-0.2, -0.15) is 0 Å². The molecule has 1 N–H and O–H groups in total. The van der Waals surface area contributed by atoms with Crippen molar-refractivity contribution in [3.63, 3.8) is 0 Å².